The molecule has 0 spiro atoms. The Morgan fingerprint density at radius 2 is 1.86 bits per heavy atom. The monoisotopic (exact) mass is 603 g/mol. The zero-order valence-electron chi connectivity index (χ0n) is 19.2. The molecule has 1 aliphatic rings. The van der Waals surface area contributed by atoms with Gasteiger partial charge in [-0.25, -0.2) is 4.45 Å². The minimum absolute atomic E-state index is 0.0747. The molecule has 5 rings (SSSR count). The molecule has 0 N–H and O–H groups in total. The highest BCUT2D eigenvalue weighted by molar-refractivity contribution is 14.2. The quantitative estimate of drug-likeness (QED) is 0.241. The Balaban J connectivity index is 1.53. The molecule has 35 heavy (non-hydrogen) atoms. The lowest BCUT2D eigenvalue weighted by atomic mass is 10.1. The molecule has 12 heteroatoms. The van der Waals surface area contributed by atoms with Gasteiger partial charge in [0.15, 0.2) is 5.82 Å². The Morgan fingerprint density at radius 1 is 1.09 bits per heavy atom. The second-order valence-corrected chi connectivity index (χ2v) is 10.1. The van der Waals surface area contributed by atoms with E-state index in [1.54, 1.807) is 38.4 Å². The van der Waals surface area contributed by atoms with Crippen LogP contribution in [-0.4, -0.2) is 75.7 Å². The molecule has 4 aromatic rings. The number of amides is 1. The van der Waals surface area contributed by atoms with Crippen molar-refractivity contribution in [2.45, 2.75) is 0 Å². The molecular weight excluding hydrogens is 580 g/mol. The summed E-state index contributed by atoms with van der Waals surface area (Å²) in [5, 5.41) is 5.58. The first kappa shape index (κ1) is 23.8. The van der Waals surface area contributed by atoms with Crippen LogP contribution < -0.4 is 9.64 Å². The van der Waals surface area contributed by atoms with Crippen molar-refractivity contribution in [2.24, 2.45) is 0 Å². The summed E-state index contributed by atoms with van der Waals surface area (Å²) in [6, 6.07) is 13.0. The summed E-state index contributed by atoms with van der Waals surface area (Å²) in [5.41, 5.74) is 2.31. The molecule has 1 saturated heterocycles. The minimum atomic E-state index is -0.0747. The van der Waals surface area contributed by atoms with Gasteiger partial charge in [0.1, 0.15) is 5.75 Å². The smallest absolute Gasteiger partial charge is 0.327 e. The first-order valence-corrected chi connectivity index (χ1v) is 15.0. The maximum Gasteiger partial charge on any atom is 0.327 e. The zero-order valence-corrected chi connectivity index (χ0v) is 22.3. The molecular formula is C23H23IN7O3P. The first-order valence-electron chi connectivity index (χ1n) is 11.0. The van der Waals surface area contributed by atoms with Gasteiger partial charge in [0, 0.05) is 49.9 Å². The van der Waals surface area contributed by atoms with Gasteiger partial charge in [-0.05, 0) is 52.4 Å². The third-order valence-corrected chi connectivity index (χ3v) is 7.38. The molecule has 0 bridgehead atoms. The largest absolute Gasteiger partial charge is 0.424 e. The summed E-state index contributed by atoms with van der Waals surface area (Å²) in [5.74, 6) is 1.50. The Bertz CT molecular complexity index is 1360. The van der Waals surface area contributed by atoms with E-state index in [1.807, 2.05) is 28.8 Å². The number of fused-ring (bicyclic) bond motifs is 1. The van der Waals surface area contributed by atoms with E-state index in [1.165, 1.54) is 4.90 Å². The van der Waals surface area contributed by atoms with E-state index in [-0.39, 0.29) is 11.9 Å². The van der Waals surface area contributed by atoms with Crippen molar-refractivity contribution in [1.29, 1.82) is 0 Å². The second kappa shape index (κ2) is 10.4. The number of carbonyl (C=O) groups is 1. The summed E-state index contributed by atoms with van der Waals surface area (Å²) in [6.45, 7) is 2.58. The number of anilines is 1. The fourth-order valence-corrected chi connectivity index (χ4v) is 4.79. The van der Waals surface area contributed by atoms with Crippen LogP contribution in [0.25, 0.3) is 22.3 Å². The van der Waals surface area contributed by atoms with E-state index >= 15 is 0 Å². The number of morpholine rings is 1. The van der Waals surface area contributed by atoms with Crippen LogP contribution in [0.3, 0.4) is 0 Å². The van der Waals surface area contributed by atoms with Crippen molar-refractivity contribution < 1.29 is 14.3 Å². The molecule has 3 heterocycles. The summed E-state index contributed by atoms with van der Waals surface area (Å²) in [4.78, 5) is 29.8. The molecule has 2 aromatic carbocycles. The van der Waals surface area contributed by atoms with E-state index < -0.39 is 0 Å². The number of ether oxygens (including phenoxy) is 2. The van der Waals surface area contributed by atoms with Crippen molar-refractivity contribution in [3.8, 4) is 23.1 Å². The number of aromatic nitrogens is 5. The molecule has 10 nitrogen and oxygen atoms in total. The SMILES string of the molecule is CN(C)C(=O)c1ccc(Oc2nc(-c3cccc4nn(PI)cc34)nc(N3CCOCC3)n2)cc1. The van der Waals surface area contributed by atoms with Gasteiger partial charge in [-0.15, -0.1) is 0 Å². The van der Waals surface area contributed by atoms with Crippen LogP contribution in [0.5, 0.6) is 11.8 Å². The van der Waals surface area contributed by atoms with Crippen molar-refractivity contribution in [3.05, 3.63) is 54.2 Å². The maximum atomic E-state index is 12.2. The molecule has 1 amide bonds. The van der Waals surface area contributed by atoms with Crippen LogP contribution in [0.2, 0.25) is 0 Å². The van der Waals surface area contributed by atoms with E-state index in [2.05, 4.69) is 42.0 Å². The fraction of sp³-hybridized carbons (Fsp3) is 0.261. The third kappa shape index (κ3) is 5.21. The number of nitrogens with zero attached hydrogens (tertiary/aromatic N) is 7. The van der Waals surface area contributed by atoms with Gasteiger partial charge in [0.2, 0.25) is 5.95 Å². The van der Waals surface area contributed by atoms with Crippen LogP contribution >= 0.6 is 28.4 Å². The second-order valence-electron chi connectivity index (χ2n) is 8.06. The molecule has 0 saturated carbocycles. The van der Waals surface area contributed by atoms with Gasteiger partial charge in [-0.2, -0.15) is 20.1 Å². The van der Waals surface area contributed by atoms with Crippen molar-refractivity contribution in [3.63, 3.8) is 0 Å². The number of benzene rings is 2. The molecule has 0 aliphatic carbocycles. The van der Waals surface area contributed by atoms with Crippen LogP contribution in [0, 0.1) is 0 Å². The Labute approximate surface area is 217 Å². The van der Waals surface area contributed by atoms with Crippen molar-refractivity contribution in [1.82, 2.24) is 29.4 Å². The molecule has 1 fully saturated rings. The molecule has 1 unspecified atom stereocenters. The van der Waals surface area contributed by atoms with Crippen molar-refractivity contribution in [2.75, 3.05) is 45.3 Å². The van der Waals surface area contributed by atoms with E-state index in [9.17, 15) is 4.79 Å². The van der Waals surface area contributed by atoms with Gasteiger partial charge in [-0.3, -0.25) is 4.79 Å². The third-order valence-electron chi connectivity index (χ3n) is 5.49. The lowest BCUT2D eigenvalue weighted by Gasteiger charge is -2.27. The van der Waals surface area contributed by atoms with Gasteiger partial charge in [-0.1, -0.05) is 12.1 Å². The number of hydrogen-bond acceptors (Lipinski definition) is 8. The normalized spacial score (nSPS) is 14.1. The number of rotatable bonds is 6. The summed E-state index contributed by atoms with van der Waals surface area (Å²) in [7, 11) is 3.44. The van der Waals surface area contributed by atoms with Crippen molar-refractivity contribution >= 4 is 51.2 Å². The van der Waals surface area contributed by atoms with Crippen LogP contribution in [-0.2, 0) is 4.74 Å². The minimum Gasteiger partial charge on any atom is -0.424 e. The lowest BCUT2D eigenvalue weighted by molar-refractivity contribution is 0.0827. The molecule has 1 aliphatic heterocycles. The number of hydrogen-bond donors (Lipinski definition) is 0. The lowest BCUT2D eigenvalue weighted by Crippen LogP contribution is -2.37. The molecule has 0 radical (unpaired) electrons. The summed E-state index contributed by atoms with van der Waals surface area (Å²) < 4.78 is 13.4. The van der Waals surface area contributed by atoms with E-state index in [0.29, 0.717) is 55.8 Å². The highest BCUT2D eigenvalue weighted by atomic mass is 127. The topological polar surface area (TPSA) is 98.5 Å². The number of halogens is 1. The maximum absolute atomic E-state index is 12.2. The Hall–Kier alpha value is -2.89. The van der Waals surface area contributed by atoms with E-state index in [4.69, 9.17) is 14.5 Å². The number of carbonyl (C=O) groups excluding carboxylic acids is 1. The predicted octanol–water partition coefficient (Wildman–Crippen LogP) is 4.01. The first-order chi connectivity index (χ1) is 17.0. The van der Waals surface area contributed by atoms with Crippen LogP contribution in [0.1, 0.15) is 10.4 Å². The fourth-order valence-electron chi connectivity index (χ4n) is 3.73. The van der Waals surface area contributed by atoms with E-state index in [0.717, 1.165) is 16.5 Å². The Morgan fingerprint density at radius 3 is 2.57 bits per heavy atom. The summed E-state index contributed by atoms with van der Waals surface area (Å²) >= 11 is 2.30. The standard InChI is InChI=1S/C23H23IN7O3P/c1-29(2)21(32)15-6-8-16(9-7-15)34-23-26-20(25-22(27-23)30-10-12-33-13-11-30)17-4-3-5-19-18(17)14-31(28-19)35-24/h3-9,14,35H,10-13H2,1-2H3. The molecule has 180 valence electrons. The van der Waals surface area contributed by atoms with Crippen LogP contribution in [0.4, 0.5) is 5.95 Å². The molecule has 2 aromatic heterocycles. The molecule has 1 atom stereocenters. The predicted molar refractivity (Wildman–Crippen MR) is 144 cm³/mol. The highest BCUT2D eigenvalue weighted by Crippen LogP contribution is 2.32. The van der Waals surface area contributed by atoms with Gasteiger partial charge >= 0.3 is 6.01 Å². The van der Waals surface area contributed by atoms with Crippen LogP contribution in [0.15, 0.2) is 48.7 Å². The Kier molecular flexibility index (Phi) is 7.07. The van der Waals surface area contributed by atoms with Gasteiger partial charge < -0.3 is 19.3 Å². The van der Waals surface area contributed by atoms with Gasteiger partial charge in [0.25, 0.3) is 5.91 Å². The summed E-state index contributed by atoms with van der Waals surface area (Å²) in [6.07, 6.45) is 2.50. The highest BCUT2D eigenvalue weighted by Gasteiger charge is 2.20. The average Bonchev–Trinajstić information content (AvgIpc) is 3.33. The van der Waals surface area contributed by atoms with Gasteiger partial charge in [0.05, 0.1) is 25.1 Å². The average molecular weight is 603 g/mol. The zero-order chi connectivity index (χ0) is 24.4.